The van der Waals surface area contributed by atoms with Crippen LogP contribution in [0.3, 0.4) is 0 Å². The van der Waals surface area contributed by atoms with Crippen molar-refractivity contribution in [3.63, 3.8) is 0 Å². The van der Waals surface area contributed by atoms with Crippen molar-refractivity contribution in [3.8, 4) is 0 Å². The molecule has 0 radical (unpaired) electrons. The van der Waals surface area contributed by atoms with Crippen molar-refractivity contribution in [2.24, 2.45) is 0 Å². The molecule has 9 heteroatoms. The van der Waals surface area contributed by atoms with E-state index in [-0.39, 0.29) is 12.1 Å². The number of fused-ring (bicyclic) bond motifs is 1. The lowest BCUT2D eigenvalue weighted by Crippen LogP contribution is -2.52. The van der Waals surface area contributed by atoms with E-state index in [1.165, 1.54) is 4.90 Å². The molecule has 1 amide bonds. The summed E-state index contributed by atoms with van der Waals surface area (Å²) in [5, 5.41) is 9.49. The number of hydrogen-bond acceptors (Lipinski definition) is 6. The molecule has 1 fully saturated rings. The van der Waals surface area contributed by atoms with Gasteiger partial charge in [-0.05, 0) is 68.6 Å². The van der Waals surface area contributed by atoms with Gasteiger partial charge in [0.15, 0.2) is 0 Å². The Morgan fingerprint density at radius 3 is 2.68 bits per heavy atom. The lowest BCUT2D eigenvalue weighted by atomic mass is 10.0. The van der Waals surface area contributed by atoms with Gasteiger partial charge >= 0.3 is 6.09 Å². The number of aromatic nitrogens is 2. The first-order valence-electron chi connectivity index (χ1n) is 9.47. The van der Waals surface area contributed by atoms with E-state index in [9.17, 15) is 9.90 Å². The number of nitrogens with zero attached hydrogens (tertiary/aromatic N) is 4. The molecular formula is C19H27BrN4O4. The Morgan fingerprint density at radius 2 is 2.07 bits per heavy atom. The second-order valence-corrected chi connectivity index (χ2v) is 8.96. The minimum absolute atomic E-state index is 0.103. The Balaban J connectivity index is 1.53. The number of anilines is 1. The Morgan fingerprint density at radius 1 is 1.39 bits per heavy atom. The second kappa shape index (κ2) is 8.24. The van der Waals surface area contributed by atoms with Crippen LogP contribution >= 0.6 is 15.9 Å². The van der Waals surface area contributed by atoms with Crippen LogP contribution in [0.2, 0.25) is 0 Å². The fraction of sp³-hybridized carbons (Fsp3) is 0.632. The van der Waals surface area contributed by atoms with Crippen LogP contribution in [-0.4, -0.2) is 63.4 Å². The van der Waals surface area contributed by atoms with Gasteiger partial charge in [-0.1, -0.05) is 0 Å². The fourth-order valence-corrected chi connectivity index (χ4v) is 3.91. The van der Waals surface area contributed by atoms with Gasteiger partial charge in [0.1, 0.15) is 10.1 Å². The first kappa shape index (κ1) is 20.9. The molecule has 28 heavy (non-hydrogen) atoms. The maximum Gasteiger partial charge on any atom is 0.408 e. The summed E-state index contributed by atoms with van der Waals surface area (Å²) in [6.45, 7) is 9.49. The van der Waals surface area contributed by atoms with Crippen molar-refractivity contribution >= 4 is 39.3 Å². The molecule has 3 rings (SSSR count). The van der Waals surface area contributed by atoms with Crippen LogP contribution in [-0.2, 0) is 4.74 Å². The van der Waals surface area contributed by atoms with Crippen molar-refractivity contribution < 1.29 is 19.1 Å². The molecule has 0 spiro atoms. The highest BCUT2D eigenvalue weighted by Crippen LogP contribution is 2.26. The number of halogens is 1. The molecule has 1 saturated heterocycles. The SMILES string of the molecule is C[C@@H](COC1CCN(c2nc3ccc(Br)nc3o2)CC1)N(C(=O)O)C(C)(C)C. The van der Waals surface area contributed by atoms with Gasteiger partial charge in [0.25, 0.3) is 6.01 Å². The summed E-state index contributed by atoms with van der Waals surface area (Å²) < 4.78 is 12.5. The Kier molecular flexibility index (Phi) is 6.14. The van der Waals surface area contributed by atoms with E-state index in [1.807, 2.05) is 39.8 Å². The topological polar surface area (TPSA) is 91.9 Å². The standard InChI is InChI=1S/C19H27BrN4O4/c1-12(24(18(25)26)19(2,3)4)11-27-13-7-9-23(10-8-13)17-21-14-5-6-15(20)22-16(14)28-17/h5-6,12-13H,7-11H2,1-4H3,(H,25,26)/t12-/m0/s1. The summed E-state index contributed by atoms with van der Waals surface area (Å²) in [5.41, 5.74) is 0.794. The number of oxazole rings is 1. The average Bonchev–Trinajstić information content (AvgIpc) is 3.02. The van der Waals surface area contributed by atoms with Crippen LogP contribution in [0.4, 0.5) is 10.8 Å². The van der Waals surface area contributed by atoms with Crippen molar-refractivity contribution in [1.29, 1.82) is 0 Å². The predicted octanol–water partition coefficient (Wildman–Crippen LogP) is 4.14. The first-order valence-corrected chi connectivity index (χ1v) is 10.3. The molecule has 1 N–H and O–H groups in total. The lowest BCUT2D eigenvalue weighted by molar-refractivity contribution is -0.0142. The molecule has 2 aromatic rings. The van der Waals surface area contributed by atoms with E-state index in [0.29, 0.717) is 18.3 Å². The van der Waals surface area contributed by atoms with Gasteiger partial charge in [0, 0.05) is 18.6 Å². The van der Waals surface area contributed by atoms with E-state index < -0.39 is 11.6 Å². The molecule has 0 aliphatic carbocycles. The molecule has 3 heterocycles. The molecule has 8 nitrogen and oxygen atoms in total. The van der Waals surface area contributed by atoms with Gasteiger partial charge in [-0.15, -0.1) is 0 Å². The summed E-state index contributed by atoms with van der Waals surface area (Å²) in [6.07, 6.45) is 0.858. The number of hydrogen-bond donors (Lipinski definition) is 1. The maximum atomic E-state index is 11.6. The van der Waals surface area contributed by atoms with Gasteiger partial charge in [-0.2, -0.15) is 4.98 Å². The van der Waals surface area contributed by atoms with Crippen molar-refractivity contribution in [2.75, 3.05) is 24.6 Å². The maximum absolute atomic E-state index is 11.6. The number of ether oxygens (including phenoxy) is 1. The van der Waals surface area contributed by atoms with E-state index in [2.05, 4.69) is 30.8 Å². The van der Waals surface area contributed by atoms with Gasteiger partial charge in [-0.25, -0.2) is 9.78 Å². The van der Waals surface area contributed by atoms with Crippen LogP contribution in [0, 0.1) is 0 Å². The predicted molar refractivity (Wildman–Crippen MR) is 110 cm³/mol. The van der Waals surface area contributed by atoms with Gasteiger partial charge in [0.05, 0.1) is 18.8 Å². The van der Waals surface area contributed by atoms with E-state index in [0.717, 1.165) is 36.1 Å². The molecule has 0 saturated carbocycles. The quantitative estimate of drug-likeness (QED) is 0.678. The number of carbonyl (C=O) groups is 1. The van der Waals surface area contributed by atoms with Crippen LogP contribution in [0.1, 0.15) is 40.5 Å². The van der Waals surface area contributed by atoms with Crippen LogP contribution < -0.4 is 4.90 Å². The summed E-state index contributed by atoms with van der Waals surface area (Å²) in [6, 6.07) is 4.09. The minimum atomic E-state index is -0.922. The third-order valence-corrected chi connectivity index (χ3v) is 5.31. The smallest absolute Gasteiger partial charge is 0.408 e. The Labute approximate surface area is 173 Å². The zero-order valence-electron chi connectivity index (χ0n) is 16.7. The van der Waals surface area contributed by atoms with E-state index >= 15 is 0 Å². The summed E-state index contributed by atoms with van der Waals surface area (Å²) in [5.74, 6) is 0. The monoisotopic (exact) mass is 454 g/mol. The fourth-order valence-electron chi connectivity index (χ4n) is 3.62. The zero-order valence-corrected chi connectivity index (χ0v) is 18.3. The second-order valence-electron chi connectivity index (χ2n) is 8.15. The van der Waals surface area contributed by atoms with Gasteiger partial charge in [-0.3, -0.25) is 4.90 Å². The van der Waals surface area contributed by atoms with Gasteiger partial charge in [0.2, 0.25) is 5.71 Å². The van der Waals surface area contributed by atoms with Crippen LogP contribution in [0.25, 0.3) is 11.2 Å². The third kappa shape index (κ3) is 4.75. The van der Waals surface area contributed by atoms with Gasteiger partial charge < -0.3 is 19.2 Å². The Bertz CT molecular complexity index is 827. The molecule has 1 aliphatic rings. The highest BCUT2D eigenvalue weighted by Gasteiger charge is 2.32. The number of piperidine rings is 1. The van der Waals surface area contributed by atoms with Crippen LogP contribution in [0.15, 0.2) is 21.2 Å². The summed E-state index contributed by atoms with van der Waals surface area (Å²) in [7, 11) is 0. The lowest BCUT2D eigenvalue weighted by Gasteiger charge is -2.39. The zero-order chi connectivity index (χ0) is 20.5. The molecular weight excluding hydrogens is 428 g/mol. The highest BCUT2D eigenvalue weighted by atomic mass is 79.9. The largest absolute Gasteiger partial charge is 0.465 e. The van der Waals surface area contributed by atoms with Crippen molar-refractivity contribution in [1.82, 2.24) is 14.9 Å². The molecule has 0 aromatic carbocycles. The first-order chi connectivity index (χ1) is 13.1. The molecule has 154 valence electrons. The number of carboxylic acid groups (broad SMARTS) is 1. The van der Waals surface area contributed by atoms with E-state index in [1.54, 1.807) is 0 Å². The van der Waals surface area contributed by atoms with E-state index in [4.69, 9.17) is 9.15 Å². The highest BCUT2D eigenvalue weighted by molar-refractivity contribution is 9.10. The third-order valence-electron chi connectivity index (χ3n) is 4.87. The number of pyridine rings is 1. The summed E-state index contributed by atoms with van der Waals surface area (Å²) >= 11 is 3.34. The molecule has 0 bridgehead atoms. The van der Waals surface area contributed by atoms with Crippen molar-refractivity contribution in [3.05, 3.63) is 16.7 Å². The number of rotatable bonds is 5. The number of amides is 1. The average molecular weight is 455 g/mol. The Hall–Kier alpha value is -1.87. The molecule has 0 unspecified atom stereocenters. The molecule has 2 aromatic heterocycles. The molecule has 1 atom stereocenters. The summed E-state index contributed by atoms with van der Waals surface area (Å²) in [4.78, 5) is 23.9. The molecule has 1 aliphatic heterocycles. The van der Waals surface area contributed by atoms with Crippen LogP contribution in [0.5, 0.6) is 0 Å². The van der Waals surface area contributed by atoms with Crippen molar-refractivity contribution in [2.45, 2.75) is 58.2 Å². The normalized spacial score (nSPS) is 17.1. The minimum Gasteiger partial charge on any atom is -0.465 e.